The fraction of sp³-hybridized carbons (Fsp3) is 0.500. The smallest absolute Gasteiger partial charge is 0.279 e. The maximum absolute atomic E-state index is 12.0. The Morgan fingerprint density at radius 3 is 2.50 bits per heavy atom. The molecule has 1 aromatic rings. The lowest BCUT2D eigenvalue weighted by molar-refractivity contribution is -0.885. The number of benzene rings is 1. The molecule has 0 saturated heterocycles. The van der Waals surface area contributed by atoms with E-state index in [1.807, 2.05) is 14.0 Å². The average Bonchev–Trinajstić information content (AvgIpc) is 3.30. The number of hydrogen-bond acceptors (Lipinski definition) is 3. The molecule has 2 amide bonds. The van der Waals surface area contributed by atoms with Crippen molar-refractivity contribution in [2.24, 2.45) is 0 Å². The first-order valence-corrected chi connectivity index (χ1v) is 7.56. The molecule has 0 aromatic heterocycles. The van der Waals surface area contributed by atoms with Crippen molar-refractivity contribution in [3.8, 4) is 5.75 Å². The lowest BCUT2D eigenvalue weighted by Crippen LogP contribution is -3.15. The third-order valence-corrected chi connectivity index (χ3v) is 3.87. The summed E-state index contributed by atoms with van der Waals surface area (Å²) in [6.07, 6.45) is 2.13. The zero-order chi connectivity index (χ0) is 16.1. The van der Waals surface area contributed by atoms with Crippen LogP contribution in [-0.2, 0) is 9.59 Å². The van der Waals surface area contributed by atoms with Gasteiger partial charge in [0.1, 0.15) is 5.75 Å². The highest BCUT2D eigenvalue weighted by atomic mass is 16.5. The molecule has 1 aromatic carbocycles. The Morgan fingerprint density at radius 1 is 1.32 bits per heavy atom. The van der Waals surface area contributed by atoms with Crippen LogP contribution in [0.3, 0.4) is 0 Å². The Morgan fingerprint density at radius 2 is 1.95 bits per heavy atom. The van der Waals surface area contributed by atoms with E-state index in [-0.39, 0.29) is 24.4 Å². The first-order valence-electron chi connectivity index (χ1n) is 7.56. The van der Waals surface area contributed by atoms with E-state index in [1.54, 1.807) is 31.4 Å². The van der Waals surface area contributed by atoms with Crippen LogP contribution in [0.25, 0.3) is 0 Å². The van der Waals surface area contributed by atoms with Crippen LogP contribution in [0, 0.1) is 0 Å². The summed E-state index contributed by atoms with van der Waals surface area (Å²) < 4.78 is 5.07. The Hall–Kier alpha value is -2.08. The van der Waals surface area contributed by atoms with Crippen LogP contribution in [0.2, 0.25) is 0 Å². The molecular weight excluding hydrogens is 282 g/mol. The van der Waals surface area contributed by atoms with Gasteiger partial charge in [0, 0.05) is 11.7 Å². The number of nitrogens with one attached hydrogen (secondary N) is 3. The van der Waals surface area contributed by atoms with Crippen LogP contribution < -0.4 is 20.3 Å². The van der Waals surface area contributed by atoms with Gasteiger partial charge in [0.2, 0.25) is 0 Å². The molecule has 0 heterocycles. The van der Waals surface area contributed by atoms with E-state index in [2.05, 4.69) is 10.6 Å². The van der Waals surface area contributed by atoms with Crippen LogP contribution in [0.1, 0.15) is 19.8 Å². The second kappa shape index (κ2) is 7.26. The normalized spacial score (nSPS) is 16.5. The van der Waals surface area contributed by atoms with Crippen LogP contribution >= 0.6 is 0 Å². The van der Waals surface area contributed by atoms with Crippen molar-refractivity contribution in [2.45, 2.75) is 31.8 Å². The van der Waals surface area contributed by atoms with E-state index >= 15 is 0 Å². The van der Waals surface area contributed by atoms with E-state index in [4.69, 9.17) is 4.74 Å². The van der Waals surface area contributed by atoms with Gasteiger partial charge in [-0.05, 0) is 44.0 Å². The van der Waals surface area contributed by atoms with Crippen molar-refractivity contribution in [3.05, 3.63) is 24.3 Å². The molecule has 1 aliphatic rings. The first-order chi connectivity index (χ1) is 10.5. The predicted molar refractivity (Wildman–Crippen MR) is 84.0 cm³/mol. The number of carbonyl (C=O) groups is 2. The van der Waals surface area contributed by atoms with Crippen molar-refractivity contribution in [2.75, 3.05) is 26.0 Å². The van der Waals surface area contributed by atoms with Gasteiger partial charge in [0.05, 0.1) is 14.2 Å². The maximum Gasteiger partial charge on any atom is 0.279 e. The van der Waals surface area contributed by atoms with Gasteiger partial charge >= 0.3 is 0 Å². The lowest BCUT2D eigenvalue weighted by Gasteiger charge is -2.20. The van der Waals surface area contributed by atoms with Gasteiger partial charge in [-0.3, -0.25) is 9.59 Å². The summed E-state index contributed by atoms with van der Waals surface area (Å²) in [6, 6.07) is 7.25. The van der Waals surface area contributed by atoms with Gasteiger partial charge in [-0.1, -0.05) is 0 Å². The largest absolute Gasteiger partial charge is 0.497 e. The summed E-state index contributed by atoms with van der Waals surface area (Å²) in [7, 11) is 3.45. The molecule has 22 heavy (non-hydrogen) atoms. The molecule has 0 bridgehead atoms. The summed E-state index contributed by atoms with van der Waals surface area (Å²) >= 11 is 0. The Balaban J connectivity index is 1.80. The molecule has 2 atom stereocenters. The Bertz CT molecular complexity index is 526. The number of ether oxygens (including phenoxy) is 1. The second-order valence-corrected chi connectivity index (χ2v) is 5.80. The molecular formula is C16H24N3O3+. The van der Waals surface area contributed by atoms with Crippen LogP contribution in [0.4, 0.5) is 5.69 Å². The third-order valence-electron chi connectivity index (χ3n) is 3.87. The average molecular weight is 306 g/mol. The second-order valence-electron chi connectivity index (χ2n) is 5.80. The monoisotopic (exact) mass is 306 g/mol. The van der Waals surface area contributed by atoms with Crippen LogP contribution in [-0.4, -0.2) is 44.6 Å². The molecule has 1 aliphatic carbocycles. The van der Waals surface area contributed by atoms with Gasteiger partial charge in [-0.25, -0.2) is 0 Å². The van der Waals surface area contributed by atoms with E-state index in [0.29, 0.717) is 11.7 Å². The van der Waals surface area contributed by atoms with Crippen molar-refractivity contribution in [3.63, 3.8) is 0 Å². The Kier molecular flexibility index (Phi) is 5.38. The van der Waals surface area contributed by atoms with Crippen molar-refractivity contribution >= 4 is 17.5 Å². The van der Waals surface area contributed by atoms with Crippen molar-refractivity contribution < 1.29 is 19.2 Å². The number of hydrogen-bond donors (Lipinski definition) is 3. The molecule has 0 radical (unpaired) electrons. The molecule has 1 unspecified atom stereocenters. The van der Waals surface area contributed by atoms with Gasteiger partial charge in [-0.15, -0.1) is 0 Å². The molecule has 6 nitrogen and oxygen atoms in total. The van der Waals surface area contributed by atoms with Gasteiger partial charge < -0.3 is 20.3 Å². The number of carbonyl (C=O) groups excluding carboxylic acids is 2. The minimum absolute atomic E-state index is 0.0113. The molecule has 0 spiro atoms. The number of quaternary nitrogens is 1. The summed E-state index contributed by atoms with van der Waals surface area (Å²) in [6.45, 7) is 2.08. The number of anilines is 1. The molecule has 1 saturated carbocycles. The first kappa shape index (κ1) is 16.3. The highest BCUT2D eigenvalue weighted by Gasteiger charge is 2.29. The summed E-state index contributed by atoms with van der Waals surface area (Å²) in [5.74, 6) is 0.636. The zero-order valence-corrected chi connectivity index (χ0v) is 13.3. The number of rotatable bonds is 7. The van der Waals surface area contributed by atoms with Crippen LogP contribution in [0.5, 0.6) is 5.75 Å². The van der Waals surface area contributed by atoms with Crippen molar-refractivity contribution in [1.82, 2.24) is 5.32 Å². The standard InChI is InChI=1S/C16H23N3O3/c1-11(16(21)18-13-4-5-13)19(2)10-15(20)17-12-6-8-14(22-3)9-7-12/h6-9,11,13H,4-5,10H2,1-3H3,(H,17,20)(H,18,21)/p+1/t11-/m1/s1. The van der Waals surface area contributed by atoms with Crippen molar-refractivity contribution in [1.29, 1.82) is 0 Å². The zero-order valence-electron chi connectivity index (χ0n) is 13.3. The fourth-order valence-corrected chi connectivity index (χ4v) is 2.06. The maximum atomic E-state index is 12.0. The molecule has 6 heteroatoms. The summed E-state index contributed by atoms with van der Waals surface area (Å²) in [5.41, 5.74) is 0.716. The number of amides is 2. The summed E-state index contributed by atoms with van der Waals surface area (Å²) in [5, 5.41) is 5.79. The topological polar surface area (TPSA) is 71.9 Å². The molecule has 120 valence electrons. The minimum Gasteiger partial charge on any atom is -0.497 e. The number of methoxy groups -OCH3 is 1. The molecule has 2 rings (SSSR count). The van der Waals surface area contributed by atoms with Gasteiger partial charge in [0.25, 0.3) is 11.8 Å². The van der Waals surface area contributed by atoms with E-state index < -0.39 is 0 Å². The third kappa shape index (κ3) is 4.73. The minimum atomic E-state index is -0.248. The van der Waals surface area contributed by atoms with Gasteiger partial charge in [0.15, 0.2) is 12.6 Å². The molecule has 1 fully saturated rings. The van der Waals surface area contributed by atoms with E-state index in [9.17, 15) is 9.59 Å². The SMILES string of the molecule is COc1ccc(NC(=O)C[NH+](C)[C@H](C)C(=O)NC2CC2)cc1. The Labute approximate surface area is 130 Å². The number of likely N-dealkylation sites (N-methyl/N-ethyl adjacent to an activating group) is 1. The fourth-order valence-electron chi connectivity index (χ4n) is 2.06. The van der Waals surface area contributed by atoms with Gasteiger partial charge in [-0.2, -0.15) is 0 Å². The highest BCUT2D eigenvalue weighted by molar-refractivity contribution is 5.91. The lowest BCUT2D eigenvalue weighted by atomic mass is 10.2. The van der Waals surface area contributed by atoms with E-state index in [0.717, 1.165) is 23.5 Å². The highest BCUT2D eigenvalue weighted by Crippen LogP contribution is 2.18. The summed E-state index contributed by atoms with van der Waals surface area (Å²) in [4.78, 5) is 24.9. The molecule has 3 N–H and O–H groups in total. The van der Waals surface area contributed by atoms with E-state index in [1.165, 1.54) is 0 Å². The predicted octanol–water partition coefficient (Wildman–Crippen LogP) is -0.184. The van der Waals surface area contributed by atoms with Crippen LogP contribution in [0.15, 0.2) is 24.3 Å². The molecule has 0 aliphatic heterocycles. The quantitative estimate of drug-likeness (QED) is 0.654.